The van der Waals surface area contributed by atoms with Crippen LogP contribution in [0.1, 0.15) is 103 Å². The summed E-state index contributed by atoms with van der Waals surface area (Å²) in [6, 6.07) is 0. The molecule has 0 aromatic carbocycles. The first-order valence-electron chi connectivity index (χ1n) is 12.6. The second-order valence-electron chi connectivity index (χ2n) is 10.4. The molecule has 0 saturated heterocycles. The van der Waals surface area contributed by atoms with E-state index in [2.05, 4.69) is 24.1 Å². The SMILES string of the molecule is CCCCCCCCCCCCC1CCC(COP(=O)([O-])OCC[As+](C)(C)C)CC1. The summed E-state index contributed by atoms with van der Waals surface area (Å²) in [4.78, 5) is 11.9. The first kappa shape index (κ1) is 28.7. The van der Waals surface area contributed by atoms with E-state index in [-0.39, 0.29) is 6.61 Å². The van der Waals surface area contributed by atoms with E-state index in [9.17, 15) is 9.46 Å². The van der Waals surface area contributed by atoms with Crippen LogP contribution >= 0.6 is 7.82 Å². The van der Waals surface area contributed by atoms with E-state index < -0.39 is 21.4 Å². The zero-order valence-electron chi connectivity index (χ0n) is 20.4. The molecule has 0 radical (unpaired) electrons. The minimum atomic E-state index is -4.12. The molecule has 30 heavy (non-hydrogen) atoms. The number of hydrogen-bond donors (Lipinski definition) is 0. The van der Waals surface area contributed by atoms with Gasteiger partial charge < -0.3 is 0 Å². The van der Waals surface area contributed by atoms with Crippen LogP contribution in [0.2, 0.25) is 22.3 Å². The normalized spacial score (nSPS) is 22.2. The van der Waals surface area contributed by atoms with Crippen molar-refractivity contribution in [1.29, 1.82) is 0 Å². The van der Waals surface area contributed by atoms with Crippen molar-refractivity contribution in [2.75, 3.05) is 13.2 Å². The summed E-state index contributed by atoms with van der Waals surface area (Å²) >= 11 is -1.61. The predicted octanol–water partition coefficient (Wildman–Crippen LogP) is 7.94. The molecule has 1 rings (SSSR count). The third-order valence-corrected chi connectivity index (χ3v) is 10.6. The average molecular weight is 509 g/mol. The van der Waals surface area contributed by atoms with E-state index in [1.165, 1.54) is 83.5 Å². The van der Waals surface area contributed by atoms with Crippen LogP contribution in [0, 0.1) is 11.8 Å². The molecule has 180 valence electrons. The van der Waals surface area contributed by atoms with Crippen LogP contribution in [0.15, 0.2) is 0 Å². The second-order valence-corrected chi connectivity index (χ2v) is 22.4. The molecule has 1 saturated carbocycles. The molecule has 0 heterocycles. The zero-order chi connectivity index (χ0) is 22.3. The molecule has 1 atom stereocenters. The van der Waals surface area contributed by atoms with Crippen molar-refractivity contribution in [1.82, 2.24) is 0 Å². The van der Waals surface area contributed by atoms with Gasteiger partial charge in [0, 0.05) is 0 Å². The van der Waals surface area contributed by atoms with E-state index in [4.69, 9.17) is 9.05 Å². The van der Waals surface area contributed by atoms with Crippen molar-refractivity contribution < 1.29 is 18.5 Å². The fraction of sp³-hybridized carbons (Fsp3) is 1.00. The van der Waals surface area contributed by atoms with Gasteiger partial charge in [0.25, 0.3) is 0 Å². The topological polar surface area (TPSA) is 58.6 Å². The van der Waals surface area contributed by atoms with E-state index in [1.807, 2.05) is 0 Å². The summed E-state index contributed by atoms with van der Waals surface area (Å²) in [6.45, 7) is 2.86. The number of phosphoric acid groups is 1. The fourth-order valence-electron chi connectivity index (χ4n) is 4.27. The first-order chi connectivity index (χ1) is 14.2. The second kappa shape index (κ2) is 16.3. The molecule has 0 bridgehead atoms. The van der Waals surface area contributed by atoms with Crippen LogP contribution in [0.3, 0.4) is 0 Å². The number of hydrogen-bond acceptors (Lipinski definition) is 4. The molecular formula is C24H50AsO4P. The molecule has 0 aromatic rings. The zero-order valence-corrected chi connectivity index (χ0v) is 23.2. The third kappa shape index (κ3) is 16.3. The summed E-state index contributed by atoms with van der Waals surface area (Å²) in [6.07, 6.45) is 20.0. The van der Waals surface area contributed by atoms with Gasteiger partial charge in [-0.25, -0.2) is 0 Å². The summed E-state index contributed by atoms with van der Waals surface area (Å²) in [5, 5.41) is 0.873. The Hall–Kier alpha value is 0.668. The standard InChI is InChI=1S/C24H50AsO4P/c1-5-6-7-8-9-10-11-12-13-14-15-23-16-18-24(19-17-23)22-29-30(26,27)28-21-20-25(2,3)4/h23-24H,5-22H2,1-4H3. The number of unbranched alkanes of at least 4 members (excludes halogenated alkanes) is 9. The van der Waals surface area contributed by atoms with Gasteiger partial charge >= 0.3 is 126 Å². The minimum absolute atomic E-state index is 0.281. The molecule has 1 fully saturated rings. The van der Waals surface area contributed by atoms with E-state index in [1.54, 1.807) is 0 Å². The van der Waals surface area contributed by atoms with Gasteiger partial charge in [-0.15, -0.1) is 0 Å². The summed E-state index contributed by atoms with van der Waals surface area (Å²) in [7, 11) is -4.12. The van der Waals surface area contributed by atoms with Gasteiger partial charge in [0.1, 0.15) is 0 Å². The maximum atomic E-state index is 11.9. The average Bonchev–Trinajstić information content (AvgIpc) is 2.67. The molecular weight excluding hydrogens is 458 g/mol. The van der Waals surface area contributed by atoms with Crippen LogP contribution in [0.4, 0.5) is 0 Å². The molecule has 6 heteroatoms. The van der Waals surface area contributed by atoms with Gasteiger partial charge in [-0.2, -0.15) is 0 Å². The fourth-order valence-corrected chi connectivity index (χ4v) is 6.70. The quantitative estimate of drug-likeness (QED) is 0.107. The van der Waals surface area contributed by atoms with Gasteiger partial charge in [-0.1, -0.05) is 64.7 Å². The number of phosphoric ester groups is 1. The predicted molar refractivity (Wildman–Crippen MR) is 130 cm³/mol. The van der Waals surface area contributed by atoms with E-state index in [0.29, 0.717) is 12.5 Å². The first-order valence-corrected chi connectivity index (χ1v) is 21.0. The van der Waals surface area contributed by atoms with Crippen LogP contribution < -0.4 is 4.89 Å². The van der Waals surface area contributed by atoms with Crippen molar-refractivity contribution in [2.45, 2.75) is 126 Å². The number of rotatable bonds is 18. The maximum absolute atomic E-state index is 11.9. The molecule has 1 aliphatic rings. The van der Waals surface area contributed by atoms with Crippen molar-refractivity contribution in [2.24, 2.45) is 11.8 Å². The molecule has 0 amide bonds. The molecule has 1 unspecified atom stereocenters. The summed E-state index contributed by atoms with van der Waals surface area (Å²) in [5.41, 5.74) is 6.73. The Bertz CT molecular complexity index is 459. The van der Waals surface area contributed by atoms with Crippen LogP contribution in [-0.4, -0.2) is 26.8 Å². The summed E-state index contributed by atoms with van der Waals surface area (Å²) < 4.78 is 22.2. The Kier molecular flexibility index (Phi) is 15.6. The molecule has 1 aliphatic carbocycles. The van der Waals surface area contributed by atoms with E-state index >= 15 is 0 Å². The van der Waals surface area contributed by atoms with Crippen LogP contribution in [-0.2, 0) is 13.6 Å². The van der Waals surface area contributed by atoms with Crippen molar-refractivity contribution in [3.63, 3.8) is 0 Å². The van der Waals surface area contributed by atoms with Crippen LogP contribution in [0.25, 0.3) is 0 Å². The monoisotopic (exact) mass is 508 g/mol. The third-order valence-electron chi connectivity index (χ3n) is 6.41. The molecule has 4 nitrogen and oxygen atoms in total. The molecule has 0 aromatic heterocycles. The van der Waals surface area contributed by atoms with E-state index in [0.717, 1.165) is 24.0 Å². The van der Waals surface area contributed by atoms with Gasteiger partial charge in [-0.3, -0.25) is 0 Å². The Balaban J connectivity index is 1.99. The molecule has 0 N–H and O–H groups in total. The Morgan fingerprint density at radius 1 is 0.800 bits per heavy atom. The molecule has 0 spiro atoms. The van der Waals surface area contributed by atoms with Crippen molar-refractivity contribution >= 4 is 21.4 Å². The van der Waals surface area contributed by atoms with Crippen molar-refractivity contribution in [3.05, 3.63) is 0 Å². The van der Waals surface area contributed by atoms with Gasteiger partial charge in [-0.05, 0) is 0 Å². The Morgan fingerprint density at radius 2 is 1.30 bits per heavy atom. The van der Waals surface area contributed by atoms with Gasteiger partial charge in [0.2, 0.25) is 0 Å². The Morgan fingerprint density at radius 3 is 1.83 bits per heavy atom. The summed E-state index contributed by atoms with van der Waals surface area (Å²) in [5.74, 6) is 1.21. The van der Waals surface area contributed by atoms with Gasteiger partial charge in [0.05, 0.1) is 0 Å². The van der Waals surface area contributed by atoms with Crippen LogP contribution in [0.5, 0.6) is 0 Å². The Labute approximate surface area is 190 Å². The van der Waals surface area contributed by atoms with Crippen molar-refractivity contribution in [3.8, 4) is 0 Å². The molecule has 0 aliphatic heterocycles. The van der Waals surface area contributed by atoms with Gasteiger partial charge in [0.15, 0.2) is 0 Å².